The molecule has 1 aliphatic heterocycles. The highest BCUT2D eigenvalue weighted by atomic mass is 16.5. The van der Waals surface area contributed by atoms with Crippen LogP contribution in [-0.4, -0.2) is 106 Å². The number of aromatic nitrogens is 1. The Labute approximate surface area is 401 Å². The van der Waals surface area contributed by atoms with Crippen molar-refractivity contribution in [2.24, 2.45) is 11.7 Å². The summed E-state index contributed by atoms with van der Waals surface area (Å²) in [6.07, 6.45) is 3.15. The Hall–Kier alpha value is -7.53. The number of esters is 1. The number of hydrogen-bond acceptors (Lipinski definition) is 10. The van der Waals surface area contributed by atoms with Crippen molar-refractivity contribution in [3.63, 3.8) is 0 Å². The maximum Gasteiger partial charge on any atom is 0.329 e. The van der Waals surface area contributed by atoms with Crippen molar-refractivity contribution in [3.05, 3.63) is 138 Å². The topological polar surface area (TPSA) is 254 Å². The highest BCUT2D eigenvalue weighted by Crippen LogP contribution is 2.22. The summed E-state index contributed by atoms with van der Waals surface area (Å²) in [5.41, 5.74) is 9.94. The lowest BCUT2D eigenvalue weighted by Crippen LogP contribution is -2.58. The number of nitrogens with zero attached hydrogens (tertiary/aromatic N) is 1. The molecule has 17 heteroatoms. The Morgan fingerprint density at radius 2 is 1.36 bits per heavy atom. The van der Waals surface area contributed by atoms with Gasteiger partial charge in [0.05, 0.1) is 12.6 Å². The lowest BCUT2D eigenvalue weighted by atomic mass is 10.0. The molecule has 4 aromatic carbocycles. The average molecular weight is 943 g/mol. The standard InChI is InChI=1S/C52H62N8O9/c1-32(2)25-42(49(65)59-44(52(68)69-31-36-15-8-5-9-16-36)28-37-29-54-41-18-11-10-17-39(37)41)58-50(66)45-19-12-24-60(45)51(67)43(27-34-13-6-4-7-14-34)57-46(62)30-55-47(63)33(3)56-48(64)40(53)26-35-20-22-38(61)23-21-35/h4-11,13-18,20-23,29,32-33,40,42-45,54,61H,12,19,24-28,30-31,53H2,1-3H3,(H,55,63)(H,56,64)(H,57,62)(H,58,66)(H,59,65)/t33-,40+,42+,43+,44+,45+/m1/s1. The lowest BCUT2D eigenvalue weighted by molar-refractivity contribution is -0.149. The third-order valence-corrected chi connectivity index (χ3v) is 11.9. The lowest BCUT2D eigenvalue weighted by Gasteiger charge is -2.30. The number of nitrogens with two attached hydrogens (primary N) is 1. The van der Waals surface area contributed by atoms with Crippen LogP contribution in [0.3, 0.4) is 0 Å². The Morgan fingerprint density at radius 3 is 2.06 bits per heavy atom. The fraction of sp³-hybridized carbons (Fsp3) is 0.365. The first-order valence-electron chi connectivity index (χ1n) is 23.3. The average Bonchev–Trinajstić information content (AvgIpc) is 4.01. The number of aromatic hydroxyl groups is 1. The van der Waals surface area contributed by atoms with Crippen molar-refractivity contribution < 1.29 is 43.4 Å². The first kappa shape index (κ1) is 50.9. The number of hydrogen-bond donors (Lipinski definition) is 8. The van der Waals surface area contributed by atoms with E-state index in [2.05, 4.69) is 31.6 Å². The van der Waals surface area contributed by atoms with Gasteiger partial charge in [-0.2, -0.15) is 0 Å². The number of rotatable bonds is 22. The highest BCUT2D eigenvalue weighted by Gasteiger charge is 2.39. The minimum atomic E-state index is -1.14. The molecular weight excluding hydrogens is 881 g/mol. The minimum absolute atomic E-state index is 0.00297. The Balaban J connectivity index is 1.10. The molecule has 364 valence electrons. The highest BCUT2D eigenvalue weighted by molar-refractivity contribution is 5.97. The van der Waals surface area contributed by atoms with E-state index in [0.29, 0.717) is 18.4 Å². The minimum Gasteiger partial charge on any atom is -0.508 e. The summed E-state index contributed by atoms with van der Waals surface area (Å²) in [4.78, 5) is 100. The van der Waals surface area contributed by atoms with Crippen molar-refractivity contribution >= 4 is 52.3 Å². The molecule has 1 aliphatic rings. The smallest absolute Gasteiger partial charge is 0.329 e. The number of para-hydroxylation sites is 1. The zero-order valence-corrected chi connectivity index (χ0v) is 39.1. The van der Waals surface area contributed by atoms with Gasteiger partial charge in [0.25, 0.3) is 0 Å². The number of fused-ring (bicyclic) bond motifs is 1. The van der Waals surface area contributed by atoms with Crippen LogP contribution in [0.5, 0.6) is 5.75 Å². The number of phenols is 1. The maximum atomic E-state index is 14.4. The van der Waals surface area contributed by atoms with Gasteiger partial charge in [-0.25, -0.2) is 4.79 Å². The number of ether oxygens (including phenoxy) is 1. The van der Waals surface area contributed by atoms with Crippen molar-refractivity contribution in [2.45, 2.75) is 102 Å². The van der Waals surface area contributed by atoms with Gasteiger partial charge >= 0.3 is 5.97 Å². The van der Waals surface area contributed by atoms with Crippen LogP contribution in [0.1, 0.15) is 62.3 Å². The van der Waals surface area contributed by atoms with E-state index in [4.69, 9.17) is 10.5 Å². The number of carbonyl (C=O) groups is 7. The van der Waals surface area contributed by atoms with Gasteiger partial charge in [0.1, 0.15) is 42.6 Å². The zero-order chi connectivity index (χ0) is 49.5. The van der Waals surface area contributed by atoms with Gasteiger partial charge in [-0.1, -0.05) is 105 Å². The predicted molar refractivity (Wildman–Crippen MR) is 259 cm³/mol. The molecular formula is C52H62N8O9. The van der Waals surface area contributed by atoms with E-state index in [9.17, 15) is 38.7 Å². The van der Waals surface area contributed by atoms with Crippen LogP contribution in [0, 0.1) is 5.92 Å². The monoisotopic (exact) mass is 942 g/mol. The molecule has 6 amide bonds. The number of likely N-dealkylation sites (tertiary alicyclic amines) is 1. The van der Waals surface area contributed by atoms with Crippen LogP contribution in [0.4, 0.5) is 0 Å². The number of aromatic amines is 1. The molecule has 0 bridgehead atoms. The van der Waals surface area contributed by atoms with Gasteiger partial charge in [-0.3, -0.25) is 28.8 Å². The molecule has 1 saturated heterocycles. The van der Waals surface area contributed by atoms with Gasteiger partial charge in [0, 0.05) is 36.5 Å². The SMILES string of the molecule is CC(C)C[C@H](NC(=O)[C@@H]1CCCN1C(=O)[C@H](Cc1ccccc1)NC(=O)CNC(=O)[C@@H](C)NC(=O)[C@@H](N)Cc1ccc(O)cc1)C(=O)N[C@@H](Cc1c[nH]c2ccccc12)C(=O)OCc1ccccc1. The summed E-state index contributed by atoms with van der Waals surface area (Å²) in [6, 6.07) is 25.7. The first-order chi connectivity index (χ1) is 33.1. The molecule has 0 radical (unpaired) electrons. The quantitative estimate of drug-likeness (QED) is 0.0471. The van der Waals surface area contributed by atoms with E-state index in [1.165, 1.54) is 24.0 Å². The predicted octanol–water partition coefficient (Wildman–Crippen LogP) is 3.08. The maximum absolute atomic E-state index is 14.4. The van der Waals surface area contributed by atoms with E-state index in [-0.39, 0.29) is 50.5 Å². The fourth-order valence-electron chi connectivity index (χ4n) is 8.27. The first-order valence-corrected chi connectivity index (χ1v) is 23.3. The Morgan fingerprint density at radius 1 is 0.710 bits per heavy atom. The third-order valence-electron chi connectivity index (χ3n) is 11.9. The number of benzene rings is 4. The van der Waals surface area contributed by atoms with E-state index in [1.54, 1.807) is 42.6 Å². The van der Waals surface area contributed by atoms with Crippen LogP contribution >= 0.6 is 0 Å². The van der Waals surface area contributed by atoms with Crippen LogP contribution < -0.4 is 32.3 Å². The molecule has 1 aromatic heterocycles. The van der Waals surface area contributed by atoms with Gasteiger partial charge in [-0.05, 0) is 79.0 Å². The summed E-state index contributed by atoms with van der Waals surface area (Å²) in [7, 11) is 0. The molecule has 5 aromatic rings. The van der Waals surface area contributed by atoms with Crippen LogP contribution in [-0.2, 0) is 64.2 Å². The van der Waals surface area contributed by atoms with Gasteiger partial charge in [0.15, 0.2) is 0 Å². The second kappa shape index (κ2) is 24.5. The summed E-state index contributed by atoms with van der Waals surface area (Å²) in [5, 5.41) is 24.0. The van der Waals surface area contributed by atoms with Crippen molar-refractivity contribution in [3.8, 4) is 5.75 Å². The van der Waals surface area contributed by atoms with Crippen LogP contribution in [0.15, 0.2) is 115 Å². The van der Waals surface area contributed by atoms with Gasteiger partial charge < -0.3 is 52.0 Å². The molecule has 0 saturated carbocycles. The van der Waals surface area contributed by atoms with Crippen molar-refractivity contribution in [1.82, 2.24) is 36.5 Å². The number of nitrogens with one attached hydrogen (secondary N) is 6. The summed E-state index contributed by atoms with van der Waals surface area (Å²) < 4.78 is 5.72. The van der Waals surface area contributed by atoms with Crippen LogP contribution in [0.2, 0.25) is 0 Å². The molecule has 0 spiro atoms. The molecule has 0 aliphatic carbocycles. The molecule has 9 N–H and O–H groups in total. The molecule has 6 rings (SSSR count). The molecule has 2 heterocycles. The summed E-state index contributed by atoms with van der Waals surface area (Å²) in [6.45, 7) is 4.94. The molecule has 6 atom stereocenters. The molecule has 0 unspecified atom stereocenters. The third kappa shape index (κ3) is 14.7. The van der Waals surface area contributed by atoms with Crippen molar-refractivity contribution in [1.29, 1.82) is 0 Å². The molecule has 17 nitrogen and oxygen atoms in total. The van der Waals surface area contributed by atoms with E-state index < -0.39 is 84.2 Å². The Kier molecular flexibility index (Phi) is 18.0. The number of H-pyrrole nitrogens is 1. The van der Waals surface area contributed by atoms with Gasteiger partial charge in [-0.15, -0.1) is 0 Å². The summed E-state index contributed by atoms with van der Waals surface area (Å²) >= 11 is 0. The number of amides is 6. The van der Waals surface area contributed by atoms with E-state index >= 15 is 0 Å². The second-order valence-corrected chi connectivity index (χ2v) is 17.8. The Bertz CT molecular complexity index is 2550. The summed E-state index contributed by atoms with van der Waals surface area (Å²) in [5.74, 6) is -4.23. The number of carbonyl (C=O) groups excluding carboxylic acids is 7. The van der Waals surface area contributed by atoms with Gasteiger partial charge in [0.2, 0.25) is 35.4 Å². The zero-order valence-electron chi connectivity index (χ0n) is 39.1. The van der Waals surface area contributed by atoms with Crippen molar-refractivity contribution in [2.75, 3.05) is 13.1 Å². The van der Waals surface area contributed by atoms with E-state index in [1.807, 2.05) is 74.5 Å². The molecule has 69 heavy (non-hydrogen) atoms. The van der Waals surface area contributed by atoms with E-state index in [0.717, 1.165) is 27.6 Å². The normalized spacial score (nSPS) is 15.6. The number of phenolic OH excluding ortho intramolecular Hbond substituents is 1. The fourth-order valence-corrected chi connectivity index (χ4v) is 8.27. The molecule has 1 fully saturated rings. The largest absolute Gasteiger partial charge is 0.508 e. The second-order valence-electron chi connectivity index (χ2n) is 17.8. The van der Waals surface area contributed by atoms with Crippen LogP contribution in [0.25, 0.3) is 10.9 Å².